The van der Waals surface area contributed by atoms with Crippen LogP contribution < -0.4 is 4.90 Å². The second kappa shape index (κ2) is 9.51. The number of hydrogen-bond acceptors (Lipinski definition) is 3. The summed E-state index contributed by atoms with van der Waals surface area (Å²) in [6.07, 6.45) is 1.40. The highest BCUT2D eigenvalue weighted by molar-refractivity contribution is 5.97. The summed E-state index contributed by atoms with van der Waals surface area (Å²) < 4.78 is 19.6. The quantitative estimate of drug-likeness (QED) is 0.711. The maximum atomic E-state index is 14.1. The van der Waals surface area contributed by atoms with Gasteiger partial charge in [0.25, 0.3) is 0 Å². The lowest BCUT2D eigenvalue weighted by molar-refractivity contribution is -0.124. The van der Waals surface area contributed by atoms with Gasteiger partial charge in [-0.15, -0.1) is 0 Å². The largest absolute Gasteiger partial charge is 0.394 e. The number of carbonyl (C=O) groups excluding carboxylic acids is 1. The highest BCUT2D eigenvalue weighted by Crippen LogP contribution is 2.34. The minimum atomic E-state index is -0.178. The Morgan fingerprint density at radius 1 is 1.21 bits per heavy atom. The Kier molecular flexibility index (Phi) is 7.04. The number of amides is 1. The van der Waals surface area contributed by atoms with E-state index in [1.807, 2.05) is 49.9 Å². The second-order valence-corrected chi connectivity index (χ2v) is 8.10. The molecule has 1 N–H and O–H groups in total. The van der Waals surface area contributed by atoms with Crippen LogP contribution in [0.3, 0.4) is 0 Å². The van der Waals surface area contributed by atoms with Gasteiger partial charge in [-0.25, -0.2) is 4.39 Å². The Morgan fingerprint density at radius 2 is 1.90 bits per heavy atom. The third-order valence-corrected chi connectivity index (χ3v) is 5.61. The summed E-state index contributed by atoms with van der Waals surface area (Å²) in [6.45, 7) is 7.32. The monoisotopic (exact) mass is 399 g/mol. The van der Waals surface area contributed by atoms with Gasteiger partial charge in [-0.3, -0.25) is 4.79 Å². The standard InChI is InChI=1S/C24H30FNO3/c1-16-10-20(15-29-9-8-27)11-17(2)23(16)26-14-19(12-18(3)24(26)28)13-21-6-4-5-7-22(21)25/h4-7,10-11,18-19,27H,8-9,12-15H2,1-3H3/t18-,19-/m1/s1. The highest BCUT2D eigenvalue weighted by Gasteiger charge is 2.34. The number of piperidine rings is 1. The number of anilines is 1. The molecule has 0 radical (unpaired) electrons. The molecule has 1 aliphatic heterocycles. The maximum Gasteiger partial charge on any atom is 0.229 e. The molecular weight excluding hydrogens is 369 g/mol. The van der Waals surface area contributed by atoms with Crippen LogP contribution in [-0.4, -0.2) is 30.8 Å². The van der Waals surface area contributed by atoms with Crippen LogP contribution in [0.1, 0.15) is 35.6 Å². The van der Waals surface area contributed by atoms with Crippen LogP contribution in [0.25, 0.3) is 0 Å². The molecule has 0 spiro atoms. The normalized spacial score (nSPS) is 19.6. The van der Waals surface area contributed by atoms with E-state index in [1.54, 1.807) is 6.07 Å². The number of benzene rings is 2. The predicted octanol–water partition coefficient (Wildman–Crippen LogP) is 4.18. The van der Waals surface area contributed by atoms with Crippen molar-refractivity contribution < 1.29 is 19.0 Å². The first-order chi connectivity index (χ1) is 13.9. The van der Waals surface area contributed by atoms with Crippen molar-refractivity contribution in [1.29, 1.82) is 0 Å². The number of hydrogen-bond donors (Lipinski definition) is 1. The minimum absolute atomic E-state index is 0.000384. The summed E-state index contributed by atoms with van der Waals surface area (Å²) in [5, 5.41) is 8.88. The molecular formula is C24H30FNO3. The number of ether oxygens (including phenoxy) is 1. The van der Waals surface area contributed by atoms with Crippen LogP contribution >= 0.6 is 0 Å². The van der Waals surface area contributed by atoms with E-state index in [1.165, 1.54) is 6.07 Å². The van der Waals surface area contributed by atoms with Crippen molar-refractivity contribution in [2.24, 2.45) is 11.8 Å². The molecule has 3 rings (SSSR count). The van der Waals surface area contributed by atoms with E-state index in [9.17, 15) is 9.18 Å². The molecule has 2 aromatic carbocycles. The third-order valence-electron chi connectivity index (χ3n) is 5.61. The van der Waals surface area contributed by atoms with Crippen molar-refractivity contribution in [3.63, 3.8) is 0 Å². The van der Waals surface area contributed by atoms with E-state index in [2.05, 4.69) is 0 Å². The number of aliphatic hydroxyl groups excluding tert-OH is 1. The zero-order valence-electron chi connectivity index (χ0n) is 17.5. The predicted molar refractivity (Wildman–Crippen MR) is 112 cm³/mol. The third kappa shape index (κ3) is 5.03. The van der Waals surface area contributed by atoms with Gasteiger partial charge in [0.1, 0.15) is 5.82 Å². The molecule has 0 aliphatic carbocycles. The summed E-state index contributed by atoms with van der Waals surface area (Å²) in [5.41, 5.74) is 4.74. The number of halogens is 1. The van der Waals surface area contributed by atoms with Crippen molar-refractivity contribution >= 4 is 11.6 Å². The summed E-state index contributed by atoms with van der Waals surface area (Å²) >= 11 is 0. The first kappa shape index (κ1) is 21.5. The Bertz CT molecular complexity index is 844. The van der Waals surface area contributed by atoms with Crippen LogP contribution in [0.4, 0.5) is 10.1 Å². The van der Waals surface area contributed by atoms with Crippen LogP contribution in [0.15, 0.2) is 36.4 Å². The lowest BCUT2D eigenvalue weighted by Crippen LogP contribution is -2.46. The van der Waals surface area contributed by atoms with Crippen LogP contribution in [-0.2, 0) is 22.6 Å². The number of aryl methyl sites for hydroxylation is 2. The molecule has 4 nitrogen and oxygen atoms in total. The van der Waals surface area contributed by atoms with Gasteiger partial charge in [0, 0.05) is 18.2 Å². The van der Waals surface area contributed by atoms with Crippen molar-refractivity contribution in [3.8, 4) is 0 Å². The van der Waals surface area contributed by atoms with Crippen molar-refractivity contribution in [3.05, 3.63) is 64.5 Å². The Labute approximate surface area is 172 Å². The van der Waals surface area contributed by atoms with Gasteiger partial charge in [0.15, 0.2) is 0 Å². The topological polar surface area (TPSA) is 49.8 Å². The van der Waals surface area contributed by atoms with Gasteiger partial charge < -0.3 is 14.7 Å². The molecule has 0 bridgehead atoms. The zero-order chi connectivity index (χ0) is 21.0. The van der Waals surface area contributed by atoms with E-state index >= 15 is 0 Å². The minimum Gasteiger partial charge on any atom is -0.394 e. The molecule has 1 heterocycles. The van der Waals surface area contributed by atoms with Crippen LogP contribution in [0.2, 0.25) is 0 Å². The van der Waals surface area contributed by atoms with E-state index < -0.39 is 0 Å². The van der Waals surface area contributed by atoms with Gasteiger partial charge in [0.05, 0.1) is 19.8 Å². The van der Waals surface area contributed by atoms with Crippen LogP contribution in [0.5, 0.6) is 0 Å². The van der Waals surface area contributed by atoms with Crippen molar-refractivity contribution in [2.45, 2.75) is 40.2 Å². The van der Waals surface area contributed by atoms with Crippen LogP contribution in [0, 0.1) is 31.5 Å². The van der Waals surface area contributed by atoms with Crippen molar-refractivity contribution in [1.82, 2.24) is 0 Å². The number of aliphatic hydroxyl groups is 1. The molecule has 0 saturated carbocycles. The fourth-order valence-corrected chi connectivity index (χ4v) is 4.42. The summed E-state index contributed by atoms with van der Waals surface area (Å²) in [5.74, 6) is 0.0753. The molecule has 1 amide bonds. The summed E-state index contributed by atoms with van der Waals surface area (Å²) in [7, 11) is 0. The molecule has 1 fully saturated rings. The molecule has 2 aromatic rings. The second-order valence-electron chi connectivity index (χ2n) is 8.10. The molecule has 29 heavy (non-hydrogen) atoms. The molecule has 0 unspecified atom stereocenters. The van der Waals surface area contributed by atoms with Gasteiger partial charge in [-0.1, -0.05) is 37.3 Å². The Balaban J connectivity index is 1.82. The number of nitrogens with zero attached hydrogens (tertiary/aromatic N) is 1. The SMILES string of the molecule is Cc1cc(COCCO)cc(C)c1N1C[C@@H](Cc2ccccc2F)C[C@@H](C)C1=O. The molecule has 1 aliphatic rings. The van der Waals surface area contributed by atoms with E-state index in [4.69, 9.17) is 9.84 Å². The molecule has 156 valence electrons. The summed E-state index contributed by atoms with van der Waals surface area (Å²) in [4.78, 5) is 14.9. The lowest BCUT2D eigenvalue weighted by atomic mass is 9.84. The average molecular weight is 400 g/mol. The first-order valence-electron chi connectivity index (χ1n) is 10.2. The maximum absolute atomic E-state index is 14.1. The number of rotatable bonds is 7. The molecule has 5 heteroatoms. The molecule has 0 aromatic heterocycles. The van der Waals surface area contributed by atoms with E-state index in [0.29, 0.717) is 31.7 Å². The molecule has 1 saturated heterocycles. The molecule has 2 atom stereocenters. The fraction of sp³-hybridized carbons (Fsp3) is 0.458. The van der Waals surface area contributed by atoms with Gasteiger partial charge in [0.2, 0.25) is 5.91 Å². The first-order valence-corrected chi connectivity index (χ1v) is 10.2. The van der Waals surface area contributed by atoms with Crippen molar-refractivity contribution in [2.75, 3.05) is 24.7 Å². The fourth-order valence-electron chi connectivity index (χ4n) is 4.42. The average Bonchev–Trinajstić information content (AvgIpc) is 2.67. The van der Waals surface area contributed by atoms with Gasteiger partial charge in [-0.05, 0) is 60.9 Å². The zero-order valence-corrected chi connectivity index (χ0v) is 17.5. The van der Waals surface area contributed by atoms with E-state index in [-0.39, 0.29) is 30.2 Å². The summed E-state index contributed by atoms with van der Waals surface area (Å²) in [6, 6.07) is 11.0. The van der Waals surface area contributed by atoms with E-state index in [0.717, 1.165) is 28.8 Å². The van der Waals surface area contributed by atoms with Gasteiger partial charge >= 0.3 is 0 Å². The Hall–Kier alpha value is -2.24. The smallest absolute Gasteiger partial charge is 0.229 e. The lowest BCUT2D eigenvalue weighted by Gasteiger charge is -2.38. The highest BCUT2D eigenvalue weighted by atomic mass is 19.1. The number of carbonyl (C=O) groups is 1. The Morgan fingerprint density at radius 3 is 2.55 bits per heavy atom. The van der Waals surface area contributed by atoms with Gasteiger partial charge in [-0.2, -0.15) is 0 Å².